The highest BCUT2D eigenvalue weighted by molar-refractivity contribution is 7.81. The average Bonchev–Trinajstić information content (AvgIpc) is 2.80. The van der Waals surface area contributed by atoms with Gasteiger partial charge < -0.3 is 30.8 Å². The number of unbranched alkanes of at least 4 members (excludes halogenated alkanes) is 7. The standard InChI is InChI=1S/C23H46N3O8PS/c1-4-5-6-7-8-9-10-11-12-18(36)21(29)26-16-15-24-19(27)13-14-25-22(30)20(28)23(2,3)17-34-35(31,32)33/h18,20,28,36H,4-17H2,1-3H3,(H,24,27)(H,25,30)(H,26,29)(H2,31,32,33)/t18-,20-/m0/s1. The zero-order chi connectivity index (χ0) is 27.6. The van der Waals surface area contributed by atoms with Crippen molar-refractivity contribution in [2.75, 3.05) is 26.2 Å². The molecule has 36 heavy (non-hydrogen) atoms. The average molecular weight is 556 g/mol. The van der Waals surface area contributed by atoms with Crippen molar-refractivity contribution >= 4 is 38.2 Å². The smallest absolute Gasteiger partial charge is 0.383 e. The van der Waals surface area contributed by atoms with E-state index in [1.54, 1.807) is 0 Å². The lowest BCUT2D eigenvalue weighted by Crippen LogP contribution is -2.46. The summed E-state index contributed by atoms with van der Waals surface area (Å²) in [6.07, 6.45) is 8.64. The van der Waals surface area contributed by atoms with Crippen molar-refractivity contribution in [2.45, 2.75) is 96.3 Å². The van der Waals surface area contributed by atoms with E-state index in [-0.39, 0.29) is 43.1 Å². The van der Waals surface area contributed by atoms with E-state index >= 15 is 0 Å². The number of amides is 3. The molecule has 0 saturated carbocycles. The number of hydrogen-bond acceptors (Lipinski definition) is 7. The zero-order valence-corrected chi connectivity index (χ0v) is 23.6. The second kappa shape index (κ2) is 19.0. The molecule has 0 spiro atoms. The van der Waals surface area contributed by atoms with Gasteiger partial charge in [0.2, 0.25) is 17.7 Å². The van der Waals surface area contributed by atoms with E-state index in [2.05, 4.69) is 40.0 Å². The molecular formula is C23H46N3O8PS. The lowest BCUT2D eigenvalue weighted by Gasteiger charge is -2.29. The van der Waals surface area contributed by atoms with Gasteiger partial charge in [-0.25, -0.2) is 4.57 Å². The molecule has 2 atom stereocenters. The third kappa shape index (κ3) is 18.1. The van der Waals surface area contributed by atoms with E-state index < -0.39 is 31.9 Å². The summed E-state index contributed by atoms with van der Waals surface area (Å²) in [6, 6.07) is 0. The van der Waals surface area contributed by atoms with Gasteiger partial charge in [-0.1, -0.05) is 72.1 Å². The van der Waals surface area contributed by atoms with E-state index in [0.717, 1.165) is 12.8 Å². The van der Waals surface area contributed by atoms with Gasteiger partial charge in [-0.2, -0.15) is 12.6 Å². The van der Waals surface area contributed by atoms with E-state index in [0.29, 0.717) is 6.42 Å². The molecule has 0 rings (SSSR count). The van der Waals surface area contributed by atoms with Gasteiger partial charge in [0, 0.05) is 31.5 Å². The first-order valence-electron chi connectivity index (χ1n) is 12.7. The second-order valence-electron chi connectivity index (χ2n) is 9.62. The highest BCUT2D eigenvalue weighted by atomic mass is 32.1. The Hall–Kier alpha value is -1.17. The van der Waals surface area contributed by atoms with Crippen LogP contribution in [0.5, 0.6) is 0 Å². The highest BCUT2D eigenvalue weighted by Gasteiger charge is 2.35. The first-order valence-corrected chi connectivity index (χ1v) is 14.7. The number of aliphatic hydroxyl groups is 1. The maximum Gasteiger partial charge on any atom is 0.469 e. The van der Waals surface area contributed by atoms with Crippen LogP contribution in [0.25, 0.3) is 0 Å². The number of thiol groups is 1. The minimum absolute atomic E-state index is 0.0408. The summed E-state index contributed by atoms with van der Waals surface area (Å²) < 4.78 is 15.2. The first kappa shape index (κ1) is 34.8. The Morgan fingerprint density at radius 2 is 1.42 bits per heavy atom. The van der Waals surface area contributed by atoms with Gasteiger partial charge in [-0.05, 0) is 6.42 Å². The number of phosphoric ester groups is 1. The molecule has 0 aromatic rings. The second-order valence-corrected chi connectivity index (χ2v) is 11.5. The summed E-state index contributed by atoms with van der Waals surface area (Å²) >= 11 is 4.36. The molecule has 0 aromatic heterocycles. The van der Waals surface area contributed by atoms with Gasteiger partial charge in [0.05, 0.1) is 11.9 Å². The van der Waals surface area contributed by atoms with E-state index in [4.69, 9.17) is 9.79 Å². The molecule has 212 valence electrons. The van der Waals surface area contributed by atoms with E-state index in [1.165, 1.54) is 52.4 Å². The molecule has 0 aliphatic carbocycles. The van der Waals surface area contributed by atoms with Crippen LogP contribution in [0.1, 0.15) is 85.0 Å². The Kier molecular flexibility index (Phi) is 18.4. The Labute approximate surface area is 220 Å². The summed E-state index contributed by atoms with van der Waals surface area (Å²) in [7, 11) is -4.73. The van der Waals surface area contributed by atoms with Crippen molar-refractivity contribution in [3.63, 3.8) is 0 Å². The molecule has 0 bridgehead atoms. The minimum Gasteiger partial charge on any atom is -0.383 e. The number of carbonyl (C=O) groups excluding carboxylic acids is 3. The van der Waals surface area contributed by atoms with Crippen LogP contribution < -0.4 is 16.0 Å². The van der Waals surface area contributed by atoms with Crippen LogP contribution >= 0.6 is 20.5 Å². The van der Waals surface area contributed by atoms with E-state index in [1.807, 2.05) is 0 Å². The number of hydrogen-bond donors (Lipinski definition) is 7. The zero-order valence-electron chi connectivity index (χ0n) is 21.8. The largest absolute Gasteiger partial charge is 0.469 e. The molecule has 0 radical (unpaired) electrons. The van der Waals surface area contributed by atoms with Crippen LogP contribution in [-0.4, -0.2) is 70.2 Å². The number of nitrogens with one attached hydrogen (secondary N) is 3. The highest BCUT2D eigenvalue weighted by Crippen LogP contribution is 2.38. The molecule has 0 unspecified atom stereocenters. The molecule has 0 saturated heterocycles. The molecule has 0 heterocycles. The molecule has 6 N–H and O–H groups in total. The Bertz CT molecular complexity index is 705. The molecule has 11 nitrogen and oxygen atoms in total. The van der Waals surface area contributed by atoms with Gasteiger partial charge in [0.15, 0.2) is 0 Å². The molecular weight excluding hydrogens is 509 g/mol. The van der Waals surface area contributed by atoms with Gasteiger partial charge in [0.25, 0.3) is 0 Å². The van der Waals surface area contributed by atoms with Crippen LogP contribution in [0.3, 0.4) is 0 Å². The Balaban J connectivity index is 3.93. The first-order chi connectivity index (χ1) is 16.8. The summed E-state index contributed by atoms with van der Waals surface area (Å²) in [4.78, 5) is 53.6. The van der Waals surface area contributed by atoms with Gasteiger partial charge in [0.1, 0.15) is 6.10 Å². The number of phosphoric acid groups is 1. The fraction of sp³-hybridized carbons (Fsp3) is 0.870. The van der Waals surface area contributed by atoms with Crippen LogP contribution in [-0.2, 0) is 23.5 Å². The summed E-state index contributed by atoms with van der Waals surface area (Å²) in [5.41, 5.74) is -1.26. The summed E-state index contributed by atoms with van der Waals surface area (Å²) in [5, 5.41) is 17.5. The van der Waals surface area contributed by atoms with Crippen LogP contribution in [0.15, 0.2) is 0 Å². The number of rotatable bonds is 21. The lowest BCUT2D eigenvalue weighted by atomic mass is 9.87. The van der Waals surface area contributed by atoms with Crippen molar-refractivity contribution < 1.29 is 38.4 Å². The maximum absolute atomic E-state index is 12.1. The number of aliphatic hydroxyl groups excluding tert-OH is 1. The minimum atomic E-state index is -4.73. The van der Waals surface area contributed by atoms with Crippen LogP contribution in [0, 0.1) is 5.41 Å². The molecule has 3 amide bonds. The summed E-state index contributed by atoms with van der Waals surface area (Å²) in [6.45, 7) is 4.94. The van der Waals surface area contributed by atoms with Crippen molar-refractivity contribution in [1.82, 2.24) is 16.0 Å². The van der Waals surface area contributed by atoms with Crippen molar-refractivity contribution in [3.05, 3.63) is 0 Å². The normalized spacial score (nSPS) is 13.6. The Morgan fingerprint density at radius 3 is 2.00 bits per heavy atom. The molecule has 0 aliphatic heterocycles. The third-order valence-corrected chi connectivity index (χ3v) is 6.58. The third-order valence-electron chi connectivity index (χ3n) is 5.62. The fourth-order valence-corrected chi connectivity index (χ4v) is 4.05. The van der Waals surface area contributed by atoms with Crippen molar-refractivity contribution in [2.24, 2.45) is 5.41 Å². The van der Waals surface area contributed by atoms with Gasteiger partial charge in [-0.3, -0.25) is 18.9 Å². The fourth-order valence-electron chi connectivity index (χ4n) is 3.28. The van der Waals surface area contributed by atoms with Crippen LogP contribution in [0.4, 0.5) is 0 Å². The molecule has 0 aromatic carbocycles. The molecule has 0 fully saturated rings. The van der Waals surface area contributed by atoms with Crippen molar-refractivity contribution in [3.8, 4) is 0 Å². The van der Waals surface area contributed by atoms with Crippen molar-refractivity contribution in [1.29, 1.82) is 0 Å². The topological polar surface area (TPSA) is 174 Å². The maximum atomic E-state index is 12.1. The molecule has 13 heteroatoms. The van der Waals surface area contributed by atoms with E-state index in [9.17, 15) is 24.1 Å². The predicted molar refractivity (Wildman–Crippen MR) is 141 cm³/mol. The van der Waals surface area contributed by atoms with Crippen LogP contribution in [0.2, 0.25) is 0 Å². The summed E-state index contributed by atoms with van der Waals surface area (Å²) in [5.74, 6) is -1.29. The van der Waals surface area contributed by atoms with Gasteiger partial charge >= 0.3 is 7.82 Å². The number of carbonyl (C=O) groups is 3. The monoisotopic (exact) mass is 555 g/mol. The molecule has 0 aliphatic rings. The lowest BCUT2D eigenvalue weighted by molar-refractivity contribution is -0.137. The van der Waals surface area contributed by atoms with Gasteiger partial charge in [-0.15, -0.1) is 0 Å². The quantitative estimate of drug-likeness (QED) is 0.0640. The Morgan fingerprint density at radius 1 is 0.889 bits per heavy atom. The predicted octanol–water partition coefficient (Wildman–Crippen LogP) is 2.05. The SMILES string of the molecule is CCCCCCCCCC[C@H](S)C(=O)NCCNC(=O)CCNC(=O)[C@H](O)C(C)(C)COP(=O)(O)O.